The normalized spacial score (nSPS) is 18.6. The zero-order valence-electron chi connectivity index (χ0n) is 8.72. The first-order chi connectivity index (χ1) is 7.83. The van der Waals surface area contributed by atoms with E-state index in [4.69, 9.17) is 9.47 Å². The molecule has 1 aliphatic heterocycles. The molecule has 0 aliphatic carbocycles. The van der Waals surface area contributed by atoms with Crippen LogP contribution in [-0.2, 0) is 4.74 Å². The molecule has 0 spiro atoms. The Bertz CT molecular complexity index is 518. The third kappa shape index (κ3) is 1.82. The predicted molar refractivity (Wildman–Crippen MR) is 60.8 cm³/mol. The van der Waals surface area contributed by atoms with Gasteiger partial charge in [0.1, 0.15) is 24.2 Å². The molecule has 1 atom stereocenters. The Hall–Kier alpha value is -1.74. The van der Waals surface area contributed by atoms with E-state index < -0.39 is 0 Å². The quantitative estimate of drug-likeness (QED) is 0.800. The number of phenolic OH excluding ortho intramolecular Hbond substituents is 1. The number of hydrogen-bond acceptors (Lipinski definition) is 3. The molecule has 1 fully saturated rings. The fourth-order valence-electron chi connectivity index (χ4n) is 1.73. The van der Waals surface area contributed by atoms with Gasteiger partial charge in [0.15, 0.2) is 0 Å². The van der Waals surface area contributed by atoms with Gasteiger partial charge < -0.3 is 14.6 Å². The second kappa shape index (κ2) is 3.68. The second-order valence-corrected chi connectivity index (χ2v) is 3.93. The summed E-state index contributed by atoms with van der Waals surface area (Å²) in [5.74, 6) is 0.941. The average Bonchev–Trinajstić information content (AvgIpc) is 3.09. The molecule has 3 nitrogen and oxygen atoms in total. The summed E-state index contributed by atoms with van der Waals surface area (Å²) in [7, 11) is 0. The van der Waals surface area contributed by atoms with Crippen molar-refractivity contribution in [1.29, 1.82) is 0 Å². The summed E-state index contributed by atoms with van der Waals surface area (Å²) >= 11 is 0. The Morgan fingerprint density at radius 3 is 2.94 bits per heavy atom. The molecular weight excluding hydrogens is 204 g/mol. The zero-order valence-corrected chi connectivity index (χ0v) is 8.72. The third-order valence-electron chi connectivity index (χ3n) is 2.64. The Morgan fingerprint density at radius 2 is 2.12 bits per heavy atom. The van der Waals surface area contributed by atoms with E-state index in [1.807, 2.05) is 24.3 Å². The summed E-state index contributed by atoms with van der Waals surface area (Å²) < 4.78 is 10.7. The van der Waals surface area contributed by atoms with Crippen molar-refractivity contribution < 1.29 is 14.6 Å². The first-order valence-corrected chi connectivity index (χ1v) is 5.29. The molecule has 1 aliphatic rings. The lowest BCUT2D eigenvalue weighted by Crippen LogP contribution is -2.04. The highest BCUT2D eigenvalue weighted by Crippen LogP contribution is 2.31. The highest BCUT2D eigenvalue weighted by molar-refractivity contribution is 5.89. The minimum Gasteiger partial charge on any atom is -0.508 e. The van der Waals surface area contributed by atoms with Gasteiger partial charge in [0, 0.05) is 11.5 Å². The van der Waals surface area contributed by atoms with E-state index in [1.54, 1.807) is 12.1 Å². The molecule has 0 saturated carbocycles. The van der Waals surface area contributed by atoms with Crippen LogP contribution in [-0.4, -0.2) is 24.4 Å². The zero-order chi connectivity index (χ0) is 11.0. The van der Waals surface area contributed by atoms with Crippen LogP contribution in [0.5, 0.6) is 11.5 Å². The standard InChI is InChI=1S/C13H12O3/c14-10-5-9-3-1-2-4-12(9)13(6-10)16-8-11-7-15-11/h1-6,11,14H,7-8H2. The largest absolute Gasteiger partial charge is 0.508 e. The molecule has 0 aromatic heterocycles. The van der Waals surface area contributed by atoms with Gasteiger partial charge in [-0.2, -0.15) is 0 Å². The number of rotatable bonds is 3. The van der Waals surface area contributed by atoms with Crippen LogP contribution in [0.2, 0.25) is 0 Å². The van der Waals surface area contributed by atoms with E-state index in [1.165, 1.54) is 0 Å². The molecule has 0 radical (unpaired) electrons. The molecule has 1 unspecified atom stereocenters. The Labute approximate surface area is 93.2 Å². The summed E-state index contributed by atoms with van der Waals surface area (Å²) in [6.07, 6.45) is 0.223. The number of fused-ring (bicyclic) bond motifs is 1. The van der Waals surface area contributed by atoms with Gasteiger partial charge in [-0.15, -0.1) is 0 Å². The summed E-state index contributed by atoms with van der Waals surface area (Å²) in [4.78, 5) is 0. The number of epoxide rings is 1. The van der Waals surface area contributed by atoms with E-state index in [-0.39, 0.29) is 11.9 Å². The van der Waals surface area contributed by atoms with Crippen molar-refractivity contribution in [2.24, 2.45) is 0 Å². The van der Waals surface area contributed by atoms with Crippen LogP contribution in [0.3, 0.4) is 0 Å². The van der Waals surface area contributed by atoms with Crippen LogP contribution in [0, 0.1) is 0 Å². The molecule has 2 aromatic carbocycles. The molecule has 82 valence electrons. The molecule has 1 saturated heterocycles. The van der Waals surface area contributed by atoms with Crippen LogP contribution in [0.4, 0.5) is 0 Å². The molecule has 2 aromatic rings. The third-order valence-corrected chi connectivity index (χ3v) is 2.64. The van der Waals surface area contributed by atoms with E-state index in [0.717, 1.165) is 17.4 Å². The number of benzene rings is 2. The summed E-state index contributed by atoms with van der Waals surface area (Å²) in [6.45, 7) is 1.32. The smallest absolute Gasteiger partial charge is 0.130 e. The van der Waals surface area contributed by atoms with Crippen molar-refractivity contribution in [2.45, 2.75) is 6.10 Å². The minimum atomic E-state index is 0.223. The van der Waals surface area contributed by atoms with E-state index in [0.29, 0.717) is 12.4 Å². The van der Waals surface area contributed by atoms with Gasteiger partial charge in [0.25, 0.3) is 0 Å². The van der Waals surface area contributed by atoms with Gasteiger partial charge in [0.2, 0.25) is 0 Å². The monoisotopic (exact) mass is 216 g/mol. The predicted octanol–water partition coefficient (Wildman–Crippen LogP) is 2.32. The lowest BCUT2D eigenvalue weighted by Gasteiger charge is -2.08. The SMILES string of the molecule is Oc1cc(OCC2CO2)c2ccccc2c1. The van der Waals surface area contributed by atoms with Crippen molar-refractivity contribution in [2.75, 3.05) is 13.2 Å². The van der Waals surface area contributed by atoms with Crippen molar-refractivity contribution >= 4 is 10.8 Å². The minimum absolute atomic E-state index is 0.223. The maximum Gasteiger partial charge on any atom is 0.130 e. The van der Waals surface area contributed by atoms with E-state index in [2.05, 4.69) is 0 Å². The lowest BCUT2D eigenvalue weighted by molar-refractivity contribution is 0.264. The summed E-state index contributed by atoms with van der Waals surface area (Å²) in [6, 6.07) is 11.2. The van der Waals surface area contributed by atoms with Crippen LogP contribution in [0.15, 0.2) is 36.4 Å². The molecule has 0 amide bonds. The molecule has 1 heterocycles. The van der Waals surface area contributed by atoms with E-state index in [9.17, 15) is 5.11 Å². The fourth-order valence-corrected chi connectivity index (χ4v) is 1.73. The van der Waals surface area contributed by atoms with Crippen LogP contribution >= 0.6 is 0 Å². The van der Waals surface area contributed by atoms with Crippen LogP contribution in [0.25, 0.3) is 10.8 Å². The number of hydrogen-bond donors (Lipinski definition) is 1. The molecule has 1 N–H and O–H groups in total. The van der Waals surface area contributed by atoms with Crippen molar-refractivity contribution in [1.82, 2.24) is 0 Å². The Morgan fingerprint density at radius 1 is 1.31 bits per heavy atom. The first-order valence-electron chi connectivity index (χ1n) is 5.29. The highest BCUT2D eigenvalue weighted by Gasteiger charge is 2.23. The average molecular weight is 216 g/mol. The van der Waals surface area contributed by atoms with Gasteiger partial charge in [-0.1, -0.05) is 24.3 Å². The van der Waals surface area contributed by atoms with Gasteiger partial charge in [-0.05, 0) is 11.5 Å². The number of phenols is 1. The van der Waals surface area contributed by atoms with Crippen LogP contribution in [0.1, 0.15) is 0 Å². The fraction of sp³-hybridized carbons (Fsp3) is 0.231. The summed E-state index contributed by atoms with van der Waals surface area (Å²) in [5, 5.41) is 11.6. The maximum atomic E-state index is 9.58. The summed E-state index contributed by atoms with van der Waals surface area (Å²) in [5.41, 5.74) is 0. The van der Waals surface area contributed by atoms with Gasteiger partial charge in [-0.25, -0.2) is 0 Å². The van der Waals surface area contributed by atoms with Crippen molar-refractivity contribution in [3.05, 3.63) is 36.4 Å². The molecule has 3 rings (SSSR count). The van der Waals surface area contributed by atoms with Crippen LogP contribution < -0.4 is 4.74 Å². The maximum absolute atomic E-state index is 9.58. The Balaban J connectivity index is 1.99. The first kappa shape index (κ1) is 9.48. The van der Waals surface area contributed by atoms with Crippen molar-refractivity contribution in [3.63, 3.8) is 0 Å². The van der Waals surface area contributed by atoms with E-state index >= 15 is 0 Å². The van der Waals surface area contributed by atoms with Gasteiger partial charge >= 0.3 is 0 Å². The molecule has 0 bridgehead atoms. The molecule has 3 heteroatoms. The molecule has 16 heavy (non-hydrogen) atoms. The second-order valence-electron chi connectivity index (χ2n) is 3.93. The lowest BCUT2D eigenvalue weighted by atomic mass is 10.1. The van der Waals surface area contributed by atoms with Crippen molar-refractivity contribution in [3.8, 4) is 11.5 Å². The van der Waals surface area contributed by atoms with Gasteiger partial charge in [0.05, 0.1) is 6.61 Å². The number of aromatic hydroxyl groups is 1. The molecular formula is C13H12O3. The highest BCUT2D eigenvalue weighted by atomic mass is 16.6. The van der Waals surface area contributed by atoms with Gasteiger partial charge in [-0.3, -0.25) is 0 Å². The number of ether oxygens (including phenoxy) is 2. The topological polar surface area (TPSA) is 42.0 Å². The Kier molecular flexibility index (Phi) is 2.18.